The van der Waals surface area contributed by atoms with Crippen LogP contribution in [0.2, 0.25) is 0 Å². The third kappa shape index (κ3) is 3.10. The lowest BCUT2D eigenvalue weighted by atomic mass is 9.84. The molecule has 0 aromatic heterocycles. The number of Topliss-reactive ketones (excluding diaryl/α,β-unsaturated/α-hetero) is 1. The first-order chi connectivity index (χ1) is 8.44. The first-order valence-corrected chi connectivity index (χ1v) is 6.34. The molecule has 1 aromatic rings. The molecule has 0 aliphatic heterocycles. The molecule has 0 atom stereocenters. The summed E-state index contributed by atoms with van der Waals surface area (Å²) in [6, 6.07) is 6.65. The van der Waals surface area contributed by atoms with Crippen molar-refractivity contribution in [2.75, 3.05) is 12.5 Å². The molecule has 1 aromatic carbocycles. The number of hydrogen-bond acceptors (Lipinski definition) is 3. The van der Waals surface area contributed by atoms with E-state index in [4.69, 9.17) is 16.3 Å². The summed E-state index contributed by atoms with van der Waals surface area (Å²) in [6.07, 6.45) is 0. The SMILES string of the molecule is CCOC(=O)c1ccccc1C(=O)C(C)(C)CCl. The summed E-state index contributed by atoms with van der Waals surface area (Å²) < 4.78 is 4.94. The van der Waals surface area contributed by atoms with Gasteiger partial charge in [0.15, 0.2) is 5.78 Å². The molecule has 0 saturated heterocycles. The van der Waals surface area contributed by atoms with Crippen LogP contribution in [0.4, 0.5) is 0 Å². The van der Waals surface area contributed by atoms with Crippen LogP contribution in [-0.2, 0) is 4.74 Å². The predicted octanol–water partition coefficient (Wildman–Crippen LogP) is 3.31. The number of hydrogen-bond donors (Lipinski definition) is 0. The molecule has 0 unspecified atom stereocenters. The van der Waals surface area contributed by atoms with Gasteiger partial charge in [-0.1, -0.05) is 32.0 Å². The smallest absolute Gasteiger partial charge is 0.338 e. The van der Waals surface area contributed by atoms with E-state index in [1.165, 1.54) is 0 Å². The third-order valence-electron chi connectivity index (χ3n) is 2.62. The Morgan fingerprint density at radius 3 is 2.28 bits per heavy atom. The normalized spacial score (nSPS) is 11.1. The van der Waals surface area contributed by atoms with Crippen molar-refractivity contribution in [3.63, 3.8) is 0 Å². The number of benzene rings is 1. The standard InChI is InChI=1S/C14H17ClO3/c1-4-18-13(17)11-8-6-5-7-10(11)12(16)14(2,3)9-15/h5-8H,4,9H2,1-3H3. The number of alkyl halides is 1. The van der Waals surface area contributed by atoms with Gasteiger partial charge in [-0.2, -0.15) is 0 Å². The summed E-state index contributed by atoms with van der Waals surface area (Å²) in [7, 11) is 0. The highest BCUT2D eigenvalue weighted by molar-refractivity contribution is 6.21. The minimum atomic E-state index is -0.704. The molecule has 0 heterocycles. The second kappa shape index (κ2) is 6.01. The van der Waals surface area contributed by atoms with Crippen molar-refractivity contribution in [1.29, 1.82) is 0 Å². The Hall–Kier alpha value is -1.35. The molecule has 98 valence electrons. The van der Waals surface area contributed by atoms with Gasteiger partial charge in [-0.05, 0) is 13.0 Å². The highest BCUT2D eigenvalue weighted by Crippen LogP contribution is 2.25. The van der Waals surface area contributed by atoms with Crippen LogP contribution < -0.4 is 0 Å². The largest absolute Gasteiger partial charge is 0.462 e. The van der Waals surface area contributed by atoms with Crippen LogP contribution in [-0.4, -0.2) is 24.2 Å². The molecule has 3 nitrogen and oxygen atoms in total. The van der Waals surface area contributed by atoms with Crippen molar-refractivity contribution >= 4 is 23.4 Å². The maximum atomic E-state index is 12.3. The van der Waals surface area contributed by atoms with Gasteiger partial charge in [-0.25, -0.2) is 4.79 Å². The van der Waals surface area contributed by atoms with Gasteiger partial charge in [-0.15, -0.1) is 11.6 Å². The van der Waals surface area contributed by atoms with E-state index in [9.17, 15) is 9.59 Å². The molecule has 0 saturated carbocycles. The summed E-state index contributed by atoms with van der Waals surface area (Å²) in [5, 5.41) is 0. The third-order valence-corrected chi connectivity index (χ3v) is 3.28. The van der Waals surface area contributed by atoms with Crippen molar-refractivity contribution in [2.45, 2.75) is 20.8 Å². The van der Waals surface area contributed by atoms with E-state index in [0.29, 0.717) is 11.1 Å². The van der Waals surface area contributed by atoms with E-state index in [1.54, 1.807) is 45.0 Å². The summed E-state index contributed by atoms with van der Waals surface area (Å²) in [4.78, 5) is 24.1. The molecule has 0 bridgehead atoms. The van der Waals surface area contributed by atoms with Gasteiger partial charge in [0.2, 0.25) is 0 Å². The van der Waals surface area contributed by atoms with Gasteiger partial charge in [-0.3, -0.25) is 4.79 Å². The Morgan fingerprint density at radius 2 is 1.78 bits per heavy atom. The van der Waals surface area contributed by atoms with Crippen LogP contribution in [0.1, 0.15) is 41.5 Å². The zero-order valence-corrected chi connectivity index (χ0v) is 11.6. The molecule has 0 amide bonds. The number of esters is 1. The molecular formula is C14H17ClO3. The van der Waals surface area contributed by atoms with Crippen LogP contribution in [0.15, 0.2) is 24.3 Å². The number of ketones is 1. The van der Waals surface area contributed by atoms with E-state index in [0.717, 1.165) is 0 Å². The van der Waals surface area contributed by atoms with Crippen LogP contribution in [0.25, 0.3) is 0 Å². The Balaban J connectivity index is 3.17. The lowest BCUT2D eigenvalue weighted by Crippen LogP contribution is -2.28. The van der Waals surface area contributed by atoms with Gasteiger partial charge in [0.25, 0.3) is 0 Å². The molecule has 0 N–H and O–H groups in total. The second-order valence-corrected chi connectivity index (χ2v) is 4.88. The van der Waals surface area contributed by atoms with Crippen molar-refractivity contribution in [2.24, 2.45) is 5.41 Å². The van der Waals surface area contributed by atoms with Gasteiger partial charge in [0, 0.05) is 16.9 Å². The summed E-state index contributed by atoms with van der Waals surface area (Å²) >= 11 is 5.79. The van der Waals surface area contributed by atoms with Crippen LogP contribution in [0.5, 0.6) is 0 Å². The van der Waals surface area contributed by atoms with Gasteiger partial charge >= 0.3 is 5.97 Å². The average Bonchev–Trinajstić information content (AvgIpc) is 2.38. The highest BCUT2D eigenvalue weighted by Gasteiger charge is 2.30. The van der Waals surface area contributed by atoms with E-state index >= 15 is 0 Å². The van der Waals surface area contributed by atoms with Gasteiger partial charge in [0.05, 0.1) is 12.2 Å². The highest BCUT2D eigenvalue weighted by atomic mass is 35.5. The monoisotopic (exact) mass is 268 g/mol. The maximum absolute atomic E-state index is 12.3. The lowest BCUT2D eigenvalue weighted by molar-refractivity contribution is 0.0521. The zero-order valence-electron chi connectivity index (χ0n) is 10.8. The fraction of sp³-hybridized carbons (Fsp3) is 0.429. The minimum Gasteiger partial charge on any atom is -0.462 e. The number of rotatable bonds is 5. The first kappa shape index (κ1) is 14.7. The van der Waals surface area contributed by atoms with Gasteiger partial charge in [0.1, 0.15) is 0 Å². The predicted molar refractivity (Wildman–Crippen MR) is 71.2 cm³/mol. The fourth-order valence-electron chi connectivity index (χ4n) is 1.49. The molecule has 0 aliphatic carbocycles. The Morgan fingerprint density at radius 1 is 1.22 bits per heavy atom. The number of carbonyl (C=O) groups excluding carboxylic acids is 2. The number of halogens is 1. The minimum absolute atomic E-state index is 0.152. The van der Waals surface area contributed by atoms with E-state index in [2.05, 4.69) is 0 Å². The Bertz CT molecular complexity index is 452. The Labute approximate surface area is 112 Å². The molecule has 0 spiro atoms. The number of carbonyl (C=O) groups is 2. The molecule has 4 heteroatoms. The molecule has 0 aliphatic rings. The van der Waals surface area contributed by atoms with Crippen LogP contribution in [0, 0.1) is 5.41 Å². The first-order valence-electron chi connectivity index (χ1n) is 5.81. The van der Waals surface area contributed by atoms with Crippen molar-refractivity contribution in [3.8, 4) is 0 Å². The summed E-state index contributed by atoms with van der Waals surface area (Å²) in [5.74, 6) is -0.434. The quantitative estimate of drug-likeness (QED) is 0.467. The summed E-state index contributed by atoms with van der Waals surface area (Å²) in [5.41, 5.74) is -0.0476. The average molecular weight is 269 g/mol. The topological polar surface area (TPSA) is 43.4 Å². The maximum Gasteiger partial charge on any atom is 0.338 e. The van der Waals surface area contributed by atoms with Crippen molar-refractivity contribution < 1.29 is 14.3 Å². The fourth-order valence-corrected chi connectivity index (χ4v) is 1.61. The van der Waals surface area contributed by atoms with E-state index < -0.39 is 11.4 Å². The van der Waals surface area contributed by atoms with E-state index in [-0.39, 0.29) is 18.3 Å². The lowest BCUT2D eigenvalue weighted by Gasteiger charge is -2.20. The van der Waals surface area contributed by atoms with Crippen molar-refractivity contribution in [1.82, 2.24) is 0 Å². The van der Waals surface area contributed by atoms with Crippen LogP contribution in [0.3, 0.4) is 0 Å². The molecule has 0 radical (unpaired) electrons. The molecule has 18 heavy (non-hydrogen) atoms. The van der Waals surface area contributed by atoms with Crippen LogP contribution >= 0.6 is 11.6 Å². The van der Waals surface area contributed by atoms with Gasteiger partial charge < -0.3 is 4.74 Å². The molecule has 0 fully saturated rings. The summed E-state index contributed by atoms with van der Waals surface area (Å²) in [6.45, 7) is 5.51. The molecule has 1 rings (SSSR count). The second-order valence-electron chi connectivity index (χ2n) is 4.61. The van der Waals surface area contributed by atoms with Crippen molar-refractivity contribution in [3.05, 3.63) is 35.4 Å². The zero-order chi connectivity index (χ0) is 13.8. The number of ether oxygens (including phenoxy) is 1. The van der Waals surface area contributed by atoms with E-state index in [1.807, 2.05) is 0 Å². The Kier molecular flexibility index (Phi) is 4.91. The molecular weight excluding hydrogens is 252 g/mol.